The lowest BCUT2D eigenvalue weighted by Crippen LogP contribution is -2.02. The maximum absolute atomic E-state index is 9.75. The second-order valence-corrected chi connectivity index (χ2v) is 5.87. The van der Waals surface area contributed by atoms with Crippen molar-refractivity contribution >= 4 is 18.1 Å². The Balaban J connectivity index is 0.000000249. The number of hydrogen-bond donors (Lipinski definition) is 1. The molecular weight excluding hydrogens is 255 g/mol. The highest BCUT2D eigenvalue weighted by Gasteiger charge is 2.26. The molecule has 1 aromatic carbocycles. The summed E-state index contributed by atoms with van der Waals surface area (Å²) in [7, 11) is -5.51. The molecule has 1 fully saturated rings. The summed E-state index contributed by atoms with van der Waals surface area (Å²) in [5.41, 5.74) is 0. The van der Waals surface area contributed by atoms with Crippen molar-refractivity contribution < 1.29 is 22.4 Å². The number of hydrogen-bond acceptors (Lipinski definition) is 1. The topological polar surface area (TPSA) is 20.2 Å². The molecule has 0 amide bonds. The highest BCUT2D eigenvalue weighted by atomic mass is 32.2. The first-order valence-corrected chi connectivity index (χ1v) is 6.76. The van der Waals surface area contributed by atoms with Crippen molar-refractivity contribution in [3.8, 4) is 5.75 Å². The molecule has 17 heavy (non-hydrogen) atoms. The monoisotopic (exact) mass is 268 g/mol. The minimum atomic E-state index is -6.00. The van der Waals surface area contributed by atoms with Crippen LogP contribution in [0.1, 0.15) is 12.8 Å². The Morgan fingerprint density at radius 1 is 0.941 bits per heavy atom. The van der Waals surface area contributed by atoms with E-state index in [1.807, 2.05) is 0 Å². The Morgan fingerprint density at radius 2 is 1.35 bits per heavy atom. The number of aromatic hydroxyl groups is 1. The largest absolute Gasteiger partial charge is 0.673 e. The molecule has 2 rings (SSSR count). The van der Waals surface area contributed by atoms with E-state index in [2.05, 4.69) is 12.1 Å². The summed E-state index contributed by atoms with van der Waals surface area (Å²) in [6.07, 6.45) is 2.76. The molecule has 7 heteroatoms. The van der Waals surface area contributed by atoms with Gasteiger partial charge in [-0.2, -0.15) is 0 Å². The van der Waals surface area contributed by atoms with Crippen LogP contribution in [0.2, 0.25) is 0 Å². The van der Waals surface area contributed by atoms with E-state index in [-0.39, 0.29) is 0 Å². The minimum absolute atomic E-state index is 0.376. The van der Waals surface area contributed by atoms with Gasteiger partial charge in [0.25, 0.3) is 0 Å². The average molecular weight is 268 g/mol. The summed E-state index contributed by atoms with van der Waals surface area (Å²) >= 11 is 0. The number of phenolic OH excluding ortho intramolecular Hbond substituents is 1. The Bertz CT molecular complexity index is 329. The average Bonchev–Trinajstić information content (AvgIpc) is 2.69. The van der Waals surface area contributed by atoms with E-state index < -0.39 is 7.25 Å². The lowest BCUT2D eigenvalue weighted by molar-refractivity contribution is 0.368. The molecule has 1 heterocycles. The normalized spacial score (nSPS) is 16.5. The summed E-state index contributed by atoms with van der Waals surface area (Å²) in [6.45, 7) is 0. The molecule has 0 spiro atoms. The Morgan fingerprint density at radius 3 is 1.76 bits per heavy atom. The third kappa shape index (κ3) is 6.46. The molecule has 0 unspecified atom stereocenters. The van der Waals surface area contributed by atoms with Gasteiger partial charge in [-0.05, 0) is 37.1 Å². The van der Waals surface area contributed by atoms with Crippen molar-refractivity contribution in [2.24, 2.45) is 0 Å². The van der Waals surface area contributed by atoms with Crippen LogP contribution < -0.4 is 0 Å². The molecule has 0 saturated carbocycles. The van der Waals surface area contributed by atoms with Crippen LogP contribution in [-0.4, -0.2) is 23.9 Å². The molecule has 0 atom stereocenters. The van der Waals surface area contributed by atoms with E-state index >= 15 is 0 Å². The van der Waals surface area contributed by atoms with Gasteiger partial charge < -0.3 is 22.4 Å². The van der Waals surface area contributed by atoms with Crippen LogP contribution in [0, 0.1) is 0 Å². The van der Waals surface area contributed by atoms with E-state index in [0.29, 0.717) is 16.6 Å². The maximum Gasteiger partial charge on any atom is 0.673 e. The minimum Gasteiger partial charge on any atom is -0.508 e. The second-order valence-electron chi connectivity index (χ2n) is 3.60. The van der Waals surface area contributed by atoms with Crippen LogP contribution in [0.3, 0.4) is 0 Å². The highest BCUT2D eigenvalue weighted by Crippen LogP contribution is 2.24. The van der Waals surface area contributed by atoms with Gasteiger partial charge >= 0.3 is 7.25 Å². The lowest BCUT2D eigenvalue weighted by atomic mass is 10.3. The van der Waals surface area contributed by atoms with Gasteiger partial charge in [0.2, 0.25) is 0 Å². The Labute approximate surface area is 100 Å². The first-order chi connectivity index (χ1) is 7.86. The summed E-state index contributed by atoms with van der Waals surface area (Å²) in [5, 5.41) is 9.10. The summed E-state index contributed by atoms with van der Waals surface area (Å²) in [5.74, 6) is 3.08. The van der Waals surface area contributed by atoms with Crippen molar-refractivity contribution in [3.05, 3.63) is 24.3 Å². The van der Waals surface area contributed by atoms with E-state index in [0.717, 1.165) is 0 Å². The van der Waals surface area contributed by atoms with Crippen molar-refractivity contribution in [1.29, 1.82) is 0 Å². The van der Waals surface area contributed by atoms with E-state index in [1.165, 1.54) is 29.2 Å². The molecule has 1 aliphatic rings. The van der Waals surface area contributed by atoms with Gasteiger partial charge in [-0.3, -0.25) is 0 Å². The predicted octanol–water partition coefficient (Wildman–Crippen LogP) is 3.46. The van der Waals surface area contributed by atoms with Gasteiger partial charge in [-0.25, -0.2) is 0 Å². The molecule has 0 radical (unpaired) electrons. The molecule has 1 nitrogen and oxygen atoms in total. The highest BCUT2D eigenvalue weighted by molar-refractivity contribution is 7.97. The summed E-state index contributed by atoms with van der Waals surface area (Å²) in [4.78, 5) is 1.42. The molecule has 1 aliphatic heterocycles. The first kappa shape index (κ1) is 14.2. The number of phenols is 1. The fraction of sp³-hybridized carbons (Fsp3) is 0.400. The van der Waals surface area contributed by atoms with Gasteiger partial charge in [0, 0.05) is 10.9 Å². The number of rotatable bonds is 1. The van der Waals surface area contributed by atoms with Crippen molar-refractivity contribution in [2.45, 2.75) is 17.7 Å². The Hall–Kier alpha value is -0.845. The number of halogens is 4. The standard InChI is InChI=1S/C10H12OS.BF4/c11-9-3-5-10(6-4-9)12-7-1-2-8-12;2-1(3,4)5/h3-6H,1-2,7-8H2;/q;-1/p+1. The lowest BCUT2D eigenvalue weighted by Gasteiger charge is -1.98. The molecule has 0 aliphatic carbocycles. The Kier molecular flexibility index (Phi) is 5.17. The van der Waals surface area contributed by atoms with Gasteiger partial charge in [0.1, 0.15) is 17.3 Å². The molecule has 0 bridgehead atoms. The third-order valence-electron chi connectivity index (χ3n) is 2.20. The zero-order chi connectivity index (χ0) is 12.9. The van der Waals surface area contributed by atoms with Gasteiger partial charge in [-0.15, -0.1) is 0 Å². The van der Waals surface area contributed by atoms with Crippen LogP contribution >= 0.6 is 0 Å². The van der Waals surface area contributed by atoms with Crippen LogP contribution in [0.25, 0.3) is 0 Å². The zero-order valence-electron chi connectivity index (χ0n) is 9.08. The van der Waals surface area contributed by atoms with Gasteiger partial charge in [0.05, 0.1) is 0 Å². The quantitative estimate of drug-likeness (QED) is 0.469. The van der Waals surface area contributed by atoms with Crippen molar-refractivity contribution in [2.75, 3.05) is 11.5 Å². The summed E-state index contributed by atoms with van der Waals surface area (Å²) < 4.78 is 39.0. The fourth-order valence-electron chi connectivity index (χ4n) is 1.53. The maximum atomic E-state index is 9.75. The first-order valence-electron chi connectivity index (χ1n) is 5.20. The van der Waals surface area contributed by atoms with Crippen molar-refractivity contribution in [3.63, 3.8) is 0 Å². The zero-order valence-corrected chi connectivity index (χ0v) is 9.90. The third-order valence-corrected chi connectivity index (χ3v) is 4.70. The smallest absolute Gasteiger partial charge is 0.508 e. The molecule has 0 aromatic heterocycles. The van der Waals surface area contributed by atoms with E-state index in [9.17, 15) is 17.3 Å². The van der Waals surface area contributed by atoms with Crippen LogP contribution in [0.5, 0.6) is 5.75 Å². The number of benzene rings is 1. The molecule has 1 saturated heterocycles. The second kappa shape index (κ2) is 6.19. The van der Waals surface area contributed by atoms with Crippen molar-refractivity contribution in [1.82, 2.24) is 0 Å². The molecular formula is C10H13BF4OS. The molecule has 1 aromatic rings. The molecule has 96 valence electrons. The SMILES string of the molecule is F[B-](F)(F)F.Oc1ccc([S+]2CCCC2)cc1. The van der Waals surface area contributed by atoms with Crippen LogP contribution in [0.15, 0.2) is 29.2 Å². The van der Waals surface area contributed by atoms with Crippen LogP contribution in [-0.2, 0) is 10.9 Å². The van der Waals surface area contributed by atoms with E-state index in [1.54, 1.807) is 12.1 Å². The van der Waals surface area contributed by atoms with Crippen LogP contribution in [0.4, 0.5) is 17.3 Å². The predicted molar refractivity (Wildman–Crippen MR) is 62.9 cm³/mol. The van der Waals surface area contributed by atoms with E-state index in [4.69, 9.17) is 5.11 Å². The van der Waals surface area contributed by atoms with Gasteiger partial charge in [-0.1, -0.05) is 0 Å². The summed E-state index contributed by atoms with van der Waals surface area (Å²) in [6, 6.07) is 7.70. The molecule has 1 N–H and O–H groups in total. The van der Waals surface area contributed by atoms with Gasteiger partial charge in [0.15, 0.2) is 4.90 Å². The fourth-order valence-corrected chi connectivity index (χ4v) is 3.83.